The second-order valence-corrected chi connectivity index (χ2v) is 7.44. The molecule has 1 aromatic carbocycles. The molecule has 0 aliphatic heterocycles. The van der Waals surface area contributed by atoms with Crippen molar-refractivity contribution in [3.63, 3.8) is 0 Å². The number of rotatable bonds is 8. The van der Waals surface area contributed by atoms with Gasteiger partial charge in [0.25, 0.3) is 0 Å². The number of hydrogen-bond donors (Lipinski definition) is 1. The number of carbonyl (C=O) groups is 1. The van der Waals surface area contributed by atoms with Crippen LogP contribution < -0.4 is 10.1 Å². The third-order valence-electron chi connectivity index (χ3n) is 2.90. The molecule has 1 aromatic heterocycles. The molecule has 2 rings (SSSR count). The highest BCUT2D eigenvalue weighted by atomic mass is 79.9. The molecule has 0 spiro atoms. The van der Waals surface area contributed by atoms with Crippen molar-refractivity contribution in [2.45, 2.75) is 6.54 Å². The summed E-state index contributed by atoms with van der Waals surface area (Å²) in [5.41, 5.74) is 0. The fourth-order valence-electron chi connectivity index (χ4n) is 1.94. The first-order chi connectivity index (χ1) is 10.6. The van der Waals surface area contributed by atoms with Crippen LogP contribution in [0.2, 0.25) is 0 Å². The first-order valence-corrected chi connectivity index (χ1v) is 8.62. The summed E-state index contributed by atoms with van der Waals surface area (Å²) in [6.45, 7) is 2.12. The van der Waals surface area contributed by atoms with Crippen LogP contribution in [0.15, 0.2) is 46.3 Å². The van der Waals surface area contributed by atoms with Crippen LogP contribution in [-0.2, 0) is 11.3 Å². The van der Waals surface area contributed by atoms with E-state index in [4.69, 9.17) is 4.74 Å². The van der Waals surface area contributed by atoms with Crippen molar-refractivity contribution in [2.75, 3.05) is 26.7 Å². The highest BCUT2D eigenvalue weighted by Crippen LogP contribution is 2.22. The Morgan fingerprint density at radius 1 is 1.27 bits per heavy atom. The van der Waals surface area contributed by atoms with Gasteiger partial charge in [-0.1, -0.05) is 18.2 Å². The van der Waals surface area contributed by atoms with Gasteiger partial charge in [-0.25, -0.2) is 0 Å². The Labute approximate surface area is 143 Å². The van der Waals surface area contributed by atoms with Crippen LogP contribution in [-0.4, -0.2) is 37.6 Å². The van der Waals surface area contributed by atoms with Crippen molar-refractivity contribution < 1.29 is 9.53 Å². The summed E-state index contributed by atoms with van der Waals surface area (Å²) in [5, 5.41) is 2.86. The maximum absolute atomic E-state index is 11.8. The van der Waals surface area contributed by atoms with Gasteiger partial charge in [0.1, 0.15) is 12.4 Å². The zero-order chi connectivity index (χ0) is 15.8. The van der Waals surface area contributed by atoms with E-state index in [1.807, 2.05) is 48.3 Å². The molecule has 0 unspecified atom stereocenters. The molecule has 0 aliphatic rings. The van der Waals surface area contributed by atoms with Crippen molar-refractivity contribution in [1.29, 1.82) is 0 Å². The predicted octanol–water partition coefficient (Wildman–Crippen LogP) is 3.14. The van der Waals surface area contributed by atoms with Crippen molar-refractivity contribution in [2.24, 2.45) is 0 Å². The van der Waals surface area contributed by atoms with Gasteiger partial charge in [0.2, 0.25) is 5.91 Å². The van der Waals surface area contributed by atoms with Crippen LogP contribution in [0.3, 0.4) is 0 Å². The Bertz CT molecular complexity index is 589. The molecular formula is C16H19BrN2O2S. The van der Waals surface area contributed by atoms with E-state index in [0.29, 0.717) is 19.7 Å². The molecule has 0 aliphatic carbocycles. The van der Waals surface area contributed by atoms with E-state index in [1.54, 1.807) is 11.3 Å². The lowest BCUT2D eigenvalue weighted by atomic mass is 10.3. The van der Waals surface area contributed by atoms with Crippen molar-refractivity contribution in [1.82, 2.24) is 10.2 Å². The third kappa shape index (κ3) is 6.17. The molecule has 1 heterocycles. The minimum atomic E-state index is 0.00906. The van der Waals surface area contributed by atoms with Crippen LogP contribution in [0.5, 0.6) is 5.75 Å². The van der Waals surface area contributed by atoms with E-state index >= 15 is 0 Å². The molecule has 1 amide bonds. The van der Waals surface area contributed by atoms with Gasteiger partial charge in [0, 0.05) is 11.4 Å². The number of ether oxygens (including phenoxy) is 1. The Morgan fingerprint density at radius 3 is 2.73 bits per heavy atom. The lowest BCUT2D eigenvalue weighted by Gasteiger charge is -2.15. The summed E-state index contributed by atoms with van der Waals surface area (Å²) < 4.78 is 6.64. The molecule has 1 N–H and O–H groups in total. The summed E-state index contributed by atoms with van der Waals surface area (Å²) in [4.78, 5) is 15.1. The quantitative estimate of drug-likeness (QED) is 0.713. The summed E-state index contributed by atoms with van der Waals surface area (Å²) in [6, 6.07) is 13.7. The maximum atomic E-state index is 11.8. The van der Waals surface area contributed by atoms with Crippen LogP contribution in [0.4, 0.5) is 0 Å². The van der Waals surface area contributed by atoms with Crippen LogP contribution >= 0.6 is 27.3 Å². The molecule has 6 heteroatoms. The summed E-state index contributed by atoms with van der Waals surface area (Å²) in [5.74, 6) is 0.826. The van der Waals surface area contributed by atoms with Crippen molar-refractivity contribution in [3.8, 4) is 5.75 Å². The third-order valence-corrected chi connectivity index (χ3v) is 4.51. The molecule has 0 saturated heterocycles. The predicted molar refractivity (Wildman–Crippen MR) is 93.3 cm³/mol. The van der Waals surface area contributed by atoms with Crippen LogP contribution in [0.1, 0.15) is 4.88 Å². The molecule has 0 radical (unpaired) electrons. The zero-order valence-electron chi connectivity index (χ0n) is 12.4. The highest BCUT2D eigenvalue weighted by Gasteiger charge is 2.08. The number of nitrogens with zero attached hydrogens (tertiary/aromatic N) is 1. The second-order valence-electron chi connectivity index (χ2n) is 4.89. The second kappa shape index (κ2) is 8.92. The van der Waals surface area contributed by atoms with Gasteiger partial charge in [-0.2, -0.15) is 0 Å². The SMILES string of the molecule is CN(CC(=O)NCCOc1ccccc1)Cc1ccc(Br)s1. The summed E-state index contributed by atoms with van der Waals surface area (Å²) in [6.07, 6.45) is 0. The van der Waals surface area contributed by atoms with E-state index in [1.165, 1.54) is 4.88 Å². The Balaban J connectivity index is 1.61. The summed E-state index contributed by atoms with van der Waals surface area (Å²) >= 11 is 5.13. The first-order valence-electron chi connectivity index (χ1n) is 7.01. The number of halogens is 1. The Morgan fingerprint density at radius 2 is 2.05 bits per heavy atom. The number of hydrogen-bond acceptors (Lipinski definition) is 4. The lowest BCUT2D eigenvalue weighted by Crippen LogP contribution is -2.36. The van der Waals surface area contributed by atoms with E-state index < -0.39 is 0 Å². The smallest absolute Gasteiger partial charge is 0.234 e. The largest absolute Gasteiger partial charge is 0.492 e. The van der Waals surface area contributed by atoms with Gasteiger partial charge in [-0.3, -0.25) is 9.69 Å². The fourth-order valence-corrected chi connectivity index (χ4v) is 3.50. The number of carbonyl (C=O) groups excluding carboxylic acids is 1. The number of amides is 1. The average molecular weight is 383 g/mol. The normalized spacial score (nSPS) is 10.7. The number of para-hydroxylation sites is 1. The van der Waals surface area contributed by atoms with Gasteiger partial charge in [-0.05, 0) is 47.2 Å². The van der Waals surface area contributed by atoms with E-state index in [2.05, 4.69) is 27.3 Å². The topological polar surface area (TPSA) is 41.6 Å². The Kier molecular flexibility index (Phi) is 6.89. The number of benzene rings is 1. The fraction of sp³-hybridized carbons (Fsp3) is 0.312. The molecule has 0 saturated carbocycles. The van der Waals surface area contributed by atoms with E-state index in [-0.39, 0.29) is 5.91 Å². The zero-order valence-corrected chi connectivity index (χ0v) is 14.8. The molecule has 118 valence electrons. The molecule has 0 atom stereocenters. The number of thiophene rings is 1. The lowest BCUT2D eigenvalue weighted by molar-refractivity contribution is -0.122. The van der Waals surface area contributed by atoms with E-state index in [0.717, 1.165) is 16.1 Å². The van der Waals surface area contributed by atoms with Gasteiger partial charge in [0.05, 0.1) is 16.9 Å². The number of likely N-dealkylation sites (N-methyl/N-ethyl adjacent to an activating group) is 1. The highest BCUT2D eigenvalue weighted by molar-refractivity contribution is 9.11. The van der Waals surface area contributed by atoms with Gasteiger partial charge < -0.3 is 10.1 Å². The van der Waals surface area contributed by atoms with E-state index in [9.17, 15) is 4.79 Å². The van der Waals surface area contributed by atoms with Crippen LogP contribution in [0, 0.1) is 0 Å². The van der Waals surface area contributed by atoms with Gasteiger partial charge in [-0.15, -0.1) is 11.3 Å². The molecular weight excluding hydrogens is 364 g/mol. The maximum Gasteiger partial charge on any atom is 0.234 e. The molecule has 22 heavy (non-hydrogen) atoms. The Hall–Kier alpha value is -1.37. The minimum Gasteiger partial charge on any atom is -0.492 e. The first kappa shape index (κ1) is 17.0. The molecule has 0 bridgehead atoms. The monoisotopic (exact) mass is 382 g/mol. The van der Waals surface area contributed by atoms with Crippen LogP contribution in [0.25, 0.3) is 0 Å². The van der Waals surface area contributed by atoms with Gasteiger partial charge >= 0.3 is 0 Å². The van der Waals surface area contributed by atoms with Crippen molar-refractivity contribution in [3.05, 3.63) is 51.1 Å². The average Bonchev–Trinajstić information content (AvgIpc) is 2.89. The molecule has 2 aromatic rings. The minimum absolute atomic E-state index is 0.00906. The molecule has 4 nitrogen and oxygen atoms in total. The summed E-state index contributed by atoms with van der Waals surface area (Å²) in [7, 11) is 1.94. The standard InChI is InChI=1S/C16H19BrN2O2S/c1-19(11-14-7-8-15(17)22-14)12-16(20)18-9-10-21-13-5-3-2-4-6-13/h2-8H,9-12H2,1H3,(H,18,20). The van der Waals surface area contributed by atoms with Crippen molar-refractivity contribution >= 4 is 33.2 Å². The van der Waals surface area contributed by atoms with Gasteiger partial charge in [0.15, 0.2) is 0 Å². The molecule has 0 fully saturated rings. The number of nitrogens with one attached hydrogen (secondary N) is 1.